The van der Waals surface area contributed by atoms with E-state index in [0.29, 0.717) is 10.6 Å². The largest absolute Gasteiger partial charge is 0.464 e. The average molecular weight is 389 g/mol. The van der Waals surface area contributed by atoms with E-state index >= 15 is 0 Å². The maximum Gasteiger partial charge on any atom is 0.302 e. The van der Waals surface area contributed by atoms with Crippen LogP contribution in [0, 0.1) is 0 Å². The number of nitrogens with zero attached hydrogens (tertiary/aromatic N) is 1. The van der Waals surface area contributed by atoms with Crippen LogP contribution in [0.1, 0.15) is 17.6 Å². The molecule has 0 aliphatic rings. The highest BCUT2D eigenvalue weighted by molar-refractivity contribution is 9.10. The van der Waals surface area contributed by atoms with Gasteiger partial charge in [0.1, 0.15) is 17.1 Å². The zero-order valence-electron chi connectivity index (χ0n) is 10.1. The predicted molar refractivity (Wildman–Crippen MR) is 77.9 cm³/mol. The van der Waals surface area contributed by atoms with Gasteiger partial charge in [-0.25, -0.2) is 4.98 Å². The van der Waals surface area contributed by atoms with E-state index in [2.05, 4.69) is 36.8 Å². The van der Waals surface area contributed by atoms with Crippen LogP contribution in [-0.4, -0.2) is 17.6 Å². The molecular formula is C13H11Br2NO3. The van der Waals surface area contributed by atoms with E-state index in [-0.39, 0.29) is 17.4 Å². The number of alkyl halides is 1. The van der Waals surface area contributed by atoms with Gasteiger partial charge in [0.25, 0.3) is 0 Å². The highest BCUT2D eigenvalue weighted by Crippen LogP contribution is 2.33. The fraction of sp³-hybridized carbons (Fsp3) is 0.231. The minimum absolute atomic E-state index is 0.177. The van der Waals surface area contributed by atoms with Crippen molar-refractivity contribution in [1.29, 1.82) is 0 Å². The van der Waals surface area contributed by atoms with Crippen molar-refractivity contribution in [2.45, 2.75) is 11.8 Å². The molecule has 6 heteroatoms. The number of aromatic nitrogens is 1. The molecule has 0 fully saturated rings. The first kappa shape index (κ1) is 14.3. The van der Waals surface area contributed by atoms with Crippen molar-refractivity contribution < 1.29 is 13.9 Å². The van der Waals surface area contributed by atoms with E-state index in [1.165, 1.54) is 6.92 Å². The maximum absolute atomic E-state index is 10.8. The van der Waals surface area contributed by atoms with Crippen molar-refractivity contribution >= 4 is 37.8 Å². The molecule has 0 radical (unpaired) electrons. The Morgan fingerprint density at radius 3 is 2.74 bits per heavy atom. The Morgan fingerprint density at radius 2 is 2.11 bits per heavy atom. The summed E-state index contributed by atoms with van der Waals surface area (Å²) in [5.41, 5.74) is 1.68. The van der Waals surface area contributed by atoms with E-state index in [1.54, 1.807) is 0 Å². The number of rotatable bonds is 4. The van der Waals surface area contributed by atoms with Crippen LogP contribution in [0.15, 0.2) is 39.4 Å². The molecule has 0 spiro atoms. The molecular weight excluding hydrogens is 378 g/mol. The second-order valence-electron chi connectivity index (χ2n) is 3.81. The van der Waals surface area contributed by atoms with Gasteiger partial charge in [-0.3, -0.25) is 4.79 Å². The molecule has 2 aromatic rings. The van der Waals surface area contributed by atoms with Crippen LogP contribution >= 0.6 is 31.9 Å². The molecule has 0 aliphatic carbocycles. The lowest BCUT2D eigenvalue weighted by Gasteiger charge is -2.04. The van der Waals surface area contributed by atoms with Gasteiger partial charge in [0.2, 0.25) is 5.89 Å². The number of halogens is 2. The minimum Gasteiger partial charge on any atom is -0.464 e. The van der Waals surface area contributed by atoms with E-state index in [4.69, 9.17) is 9.15 Å². The second-order valence-corrected chi connectivity index (χ2v) is 5.64. The zero-order chi connectivity index (χ0) is 13.8. The van der Waals surface area contributed by atoms with Crippen LogP contribution in [0.2, 0.25) is 0 Å². The number of hydrogen-bond donors (Lipinski definition) is 0. The molecule has 0 aliphatic heterocycles. The molecule has 19 heavy (non-hydrogen) atoms. The summed E-state index contributed by atoms with van der Waals surface area (Å²) >= 11 is 6.72. The van der Waals surface area contributed by atoms with Gasteiger partial charge >= 0.3 is 5.97 Å². The average Bonchev–Trinajstić information content (AvgIpc) is 2.79. The molecule has 0 saturated carbocycles. The molecule has 4 nitrogen and oxygen atoms in total. The third-order valence-electron chi connectivity index (χ3n) is 2.35. The lowest BCUT2D eigenvalue weighted by Crippen LogP contribution is -2.06. The Hall–Kier alpha value is -1.14. The molecule has 1 atom stereocenters. The summed E-state index contributed by atoms with van der Waals surface area (Å²) in [6.45, 7) is 1.54. The van der Waals surface area contributed by atoms with Gasteiger partial charge < -0.3 is 9.15 Å². The van der Waals surface area contributed by atoms with E-state index in [9.17, 15) is 4.79 Å². The van der Waals surface area contributed by atoms with E-state index < -0.39 is 0 Å². The summed E-state index contributed by atoms with van der Waals surface area (Å²) in [5.74, 6) is 0.130. The molecule has 1 aromatic heterocycles. The molecule has 1 heterocycles. The van der Waals surface area contributed by atoms with Gasteiger partial charge in [0.05, 0.1) is 0 Å². The van der Waals surface area contributed by atoms with Gasteiger partial charge in [0, 0.05) is 12.5 Å². The summed E-state index contributed by atoms with van der Waals surface area (Å²) in [7, 11) is 0. The third kappa shape index (κ3) is 3.67. The van der Waals surface area contributed by atoms with Crippen molar-refractivity contribution in [2.24, 2.45) is 0 Å². The van der Waals surface area contributed by atoms with Crippen LogP contribution in [0.3, 0.4) is 0 Å². The Morgan fingerprint density at radius 1 is 1.42 bits per heavy atom. The number of oxazole rings is 1. The topological polar surface area (TPSA) is 52.3 Å². The van der Waals surface area contributed by atoms with Crippen LogP contribution in [-0.2, 0) is 9.53 Å². The molecule has 0 bridgehead atoms. The first-order valence-electron chi connectivity index (χ1n) is 5.57. The van der Waals surface area contributed by atoms with E-state index in [0.717, 1.165) is 11.3 Å². The second kappa shape index (κ2) is 6.34. The standard InChI is InChI=1S/C13H11Br2NO3/c1-8(17)18-7-10(14)13-16-11(12(15)19-13)9-5-3-2-4-6-9/h2-6,10H,7H2,1H3. The molecule has 0 amide bonds. The SMILES string of the molecule is CC(=O)OCC(Br)c1nc(-c2ccccc2)c(Br)o1. The van der Waals surface area contributed by atoms with Crippen LogP contribution < -0.4 is 0 Å². The summed E-state index contributed by atoms with van der Waals surface area (Å²) in [6.07, 6.45) is 0. The van der Waals surface area contributed by atoms with Crippen molar-refractivity contribution in [2.75, 3.05) is 6.61 Å². The van der Waals surface area contributed by atoms with Crippen LogP contribution in [0.5, 0.6) is 0 Å². The molecule has 0 N–H and O–H groups in total. The number of benzene rings is 1. The molecule has 100 valence electrons. The zero-order valence-corrected chi connectivity index (χ0v) is 13.3. The van der Waals surface area contributed by atoms with Crippen molar-refractivity contribution in [3.8, 4) is 11.3 Å². The number of esters is 1. The Labute approximate surface area is 127 Å². The fourth-order valence-corrected chi connectivity index (χ4v) is 2.30. The van der Waals surface area contributed by atoms with E-state index in [1.807, 2.05) is 30.3 Å². The lowest BCUT2D eigenvalue weighted by molar-refractivity contribution is -0.140. The van der Waals surface area contributed by atoms with Crippen LogP contribution in [0.4, 0.5) is 0 Å². The van der Waals surface area contributed by atoms with Crippen molar-refractivity contribution in [3.05, 3.63) is 40.9 Å². The molecule has 0 saturated heterocycles. The predicted octanol–water partition coefficient (Wildman–Crippen LogP) is 4.10. The molecule has 2 rings (SSSR count). The Bertz CT molecular complexity index is 569. The Balaban J connectivity index is 2.19. The number of hydrogen-bond acceptors (Lipinski definition) is 4. The van der Waals surface area contributed by atoms with Gasteiger partial charge in [-0.15, -0.1) is 0 Å². The first-order chi connectivity index (χ1) is 9.08. The normalized spacial score (nSPS) is 12.2. The number of carbonyl (C=O) groups is 1. The van der Waals surface area contributed by atoms with Crippen molar-refractivity contribution in [3.63, 3.8) is 0 Å². The first-order valence-corrected chi connectivity index (χ1v) is 7.28. The summed E-state index contributed by atoms with van der Waals surface area (Å²) in [6, 6.07) is 9.69. The minimum atomic E-state index is -0.335. The molecule has 1 aromatic carbocycles. The maximum atomic E-state index is 10.8. The summed E-state index contributed by atoms with van der Waals surface area (Å²) in [4.78, 5) is 14.9. The summed E-state index contributed by atoms with van der Waals surface area (Å²) < 4.78 is 11.0. The quantitative estimate of drug-likeness (QED) is 0.584. The van der Waals surface area contributed by atoms with Gasteiger partial charge in [-0.2, -0.15) is 0 Å². The third-order valence-corrected chi connectivity index (χ3v) is 3.54. The smallest absolute Gasteiger partial charge is 0.302 e. The fourth-order valence-electron chi connectivity index (χ4n) is 1.49. The molecule has 1 unspecified atom stereocenters. The monoisotopic (exact) mass is 387 g/mol. The highest BCUT2D eigenvalue weighted by Gasteiger charge is 2.19. The van der Waals surface area contributed by atoms with Gasteiger partial charge in [0.15, 0.2) is 4.67 Å². The van der Waals surface area contributed by atoms with Gasteiger partial charge in [-0.05, 0) is 15.9 Å². The van der Waals surface area contributed by atoms with Crippen molar-refractivity contribution in [1.82, 2.24) is 4.98 Å². The Kier molecular flexibility index (Phi) is 4.76. The number of ether oxygens (including phenoxy) is 1. The highest BCUT2D eigenvalue weighted by atomic mass is 79.9. The number of carbonyl (C=O) groups excluding carboxylic acids is 1. The van der Waals surface area contributed by atoms with Crippen LogP contribution in [0.25, 0.3) is 11.3 Å². The lowest BCUT2D eigenvalue weighted by atomic mass is 10.2. The van der Waals surface area contributed by atoms with Gasteiger partial charge in [-0.1, -0.05) is 46.3 Å². The summed E-state index contributed by atoms with van der Waals surface area (Å²) in [5, 5.41) is 0.